The van der Waals surface area contributed by atoms with E-state index in [2.05, 4.69) is 22.9 Å². The van der Waals surface area contributed by atoms with Crippen molar-refractivity contribution < 1.29 is 9.18 Å². The van der Waals surface area contributed by atoms with Gasteiger partial charge in [-0.3, -0.25) is 19.8 Å². The second-order valence-electron chi connectivity index (χ2n) is 5.85. The third kappa shape index (κ3) is 4.12. The van der Waals surface area contributed by atoms with Crippen LogP contribution in [0.2, 0.25) is 0 Å². The molecule has 0 saturated carbocycles. The SMILES string of the molecule is C=CC(=O)NCc1cnc(-c2ccc(F)cc2)cc1N1CC=CN1CC#N. The number of amides is 1. The largest absolute Gasteiger partial charge is 0.348 e. The lowest BCUT2D eigenvalue weighted by Gasteiger charge is -2.31. The Bertz CT molecular complexity index is 917. The maximum Gasteiger partial charge on any atom is 0.243 e. The van der Waals surface area contributed by atoms with Gasteiger partial charge in [0.15, 0.2) is 0 Å². The summed E-state index contributed by atoms with van der Waals surface area (Å²) in [5, 5.41) is 15.5. The van der Waals surface area contributed by atoms with Gasteiger partial charge in [0, 0.05) is 30.1 Å². The van der Waals surface area contributed by atoms with Gasteiger partial charge in [0.1, 0.15) is 12.4 Å². The molecule has 0 unspecified atom stereocenters. The van der Waals surface area contributed by atoms with E-state index in [4.69, 9.17) is 5.26 Å². The zero-order chi connectivity index (χ0) is 19.2. The van der Waals surface area contributed by atoms with Gasteiger partial charge in [0.2, 0.25) is 5.91 Å². The van der Waals surface area contributed by atoms with Gasteiger partial charge in [-0.25, -0.2) is 4.39 Å². The number of carbonyl (C=O) groups excluding carboxylic acids is 1. The van der Waals surface area contributed by atoms with Crippen molar-refractivity contribution in [2.45, 2.75) is 6.54 Å². The predicted molar refractivity (Wildman–Crippen MR) is 100 cm³/mol. The maximum absolute atomic E-state index is 13.2. The molecule has 1 aliphatic rings. The summed E-state index contributed by atoms with van der Waals surface area (Å²) >= 11 is 0. The first-order chi connectivity index (χ1) is 13.1. The van der Waals surface area contributed by atoms with Crippen molar-refractivity contribution >= 4 is 11.6 Å². The summed E-state index contributed by atoms with van der Waals surface area (Å²) in [4.78, 5) is 16.0. The number of anilines is 1. The number of aromatic nitrogens is 1. The van der Waals surface area contributed by atoms with Crippen LogP contribution in [0.25, 0.3) is 11.3 Å². The van der Waals surface area contributed by atoms with Gasteiger partial charge >= 0.3 is 0 Å². The third-order valence-electron chi connectivity index (χ3n) is 4.12. The van der Waals surface area contributed by atoms with Crippen molar-refractivity contribution in [3.63, 3.8) is 0 Å². The molecule has 27 heavy (non-hydrogen) atoms. The molecule has 0 spiro atoms. The first-order valence-electron chi connectivity index (χ1n) is 8.35. The van der Waals surface area contributed by atoms with E-state index in [0.29, 0.717) is 12.2 Å². The fourth-order valence-electron chi connectivity index (χ4n) is 2.78. The summed E-state index contributed by atoms with van der Waals surface area (Å²) < 4.78 is 13.2. The Hall–Kier alpha value is -3.66. The summed E-state index contributed by atoms with van der Waals surface area (Å²) in [6, 6.07) is 10.1. The summed E-state index contributed by atoms with van der Waals surface area (Å²) in [6.45, 7) is 4.51. The van der Waals surface area contributed by atoms with Crippen molar-refractivity contribution in [1.82, 2.24) is 15.3 Å². The van der Waals surface area contributed by atoms with Crippen LogP contribution < -0.4 is 10.3 Å². The molecule has 0 saturated heterocycles. The lowest BCUT2D eigenvalue weighted by molar-refractivity contribution is -0.116. The first-order valence-corrected chi connectivity index (χ1v) is 8.35. The van der Waals surface area contributed by atoms with Crippen molar-refractivity contribution in [2.24, 2.45) is 0 Å². The van der Waals surface area contributed by atoms with Gasteiger partial charge in [-0.1, -0.05) is 6.58 Å². The molecule has 0 atom stereocenters. The Balaban J connectivity index is 1.98. The Morgan fingerprint density at radius 3 is 2.89 bits per heavy atom. The minimum atomic E-state index is -0.313. The number of nitrogens with zero attached hydrogens (tertiary/aromatic N) is 4. The number of hydrogen-bond donors (Lipinski definition) is 1. The molecule has 1 aliphatic heterocycles. The Labute approximate surface area is 156 Å². The first kappa shape index (κ1) is 18.1. The van der Waals surface area contributed by atoms with E-state index in [1.165, 1.54) is 18.2 Å². The maximum atomic E-state index is 13.2. The average Bonchev–Trinajstić information content (AvgIpc) is 3.15. The van der Waals surface area contributed by atoms with Crippen LogP contribution in [0, 0.1) is 17.1 Å². The van der Waals surface area contributed by atoms with Gasteiger partial charge in [-0.15, -0.1) is 0 Å². The van der Waals surface area contributed by atoms with E-state index in [0.717, 1.165) is 16.8 Å². The average molecular weight is 363 g/mol. The minimum absolute atomic E-state index is 0.198. The number of hydrazine groups is 1. The summed E-state index contributed by atoms with van der Waals surface area (Å²) in [5.41, 5.74) is 3.06. The number of nitriles is 1. The molecular formula is C20H18FN5O. The molecule has 2 aromatic rings. The van der Waals surface area contributed by atoms with Crippen LogP contribution in [-0.4, -0.2) is 29.0 Å². The third-order valence-corrected chi connectivity index (χ3v) is 4.12. The van der Waals surface area contributed by atoms with Gasteiger partial charge in [-0.05, 0) is 42.5 Å². The van der Waals surface area contributed by atoms with Crippen molar-refractivity contribution in [3.05, 3.63) is 72.8 Å². The quantitative estimate of drug-likeness (QED) is 0.631. The zero-order valence-electron chi connectivity index (χ0n) is 14.6. The predicted octanol–water partition coefficient (Wildman–Crippen LogP) is 2.76. The topological polar surface area (TPSA) is 72.3 Å². The zero-order valence-corrected chi connectivity index (χ0v) is 14.6. The van der Waals surface area contributed by atoms with Crippen LogP contribution >= 0.6 is 0 Å². The normalized spacial score (nSPS) is 12.7. The van der Waals surface area contributed by atoms with Crippen molar-refractivity contribution in [2.75, 3.05) is 18.1 Å². The number of hydrogen-bond acceptors (Lipinski definition) is 5. The molecule has 0 bridgehead atoms. The summed E-state index contributed by atoms with van der Waals surface area (Å²) in [7, 11) is 0. The molecule has 0 fully saturated rings. The molecule has 3 rings (SSSR count). The number of carbonyl (C=O) groups is 1. The molecule has 2 heterocycles. The van der Waals surface area contributed by atoms with E-state index in [1.54, 1.807) is 23.3 Å². The monoisotopic (exact) mass is 363 g/mol. The molecule has 7 heteroatoms. The van der Waals surface area contributed by atoms with Gasteiger partial charge in [-0.2, -0.15) is 5.26 Å². The van der Waals surface area contributed by atoms with Crippen LogP contribution in [0.1, 0.15) is 5.56 Å². The molecule has 1 amide bonds. The van der Waals surface area contributed by atoms with Crippen LogP contribution in [0.15, 0.2) is 61.5 Å². The Morgan fingerprint density at radius 1 is 1.41 bits per heavy atom. The molecule has 136 valence electrons. The van der Waals surface area contributed by atoms with Gasteiger partial charge < -0.3 is 5.32 Å². The molecule has 1 aromatic carbocycles. The van der Waals surface area contributed by atoms with E-state index >= 15 is 0 Å². The van der Waals surface area contributed by atoms with E-state index in [9.17, 15) is 9.18 Å². The van der Waals surface area contributed by atoms with E-state index < -0.39 is 0 Å². The van der Waals surface area contributed by atoms with Gasteiger partial charge in [0.05, 0.1) is 24.0 Å². The molecule has 1 N–H and O–H groups in total. The number of halogens is 1. The van der Waals surface area contributed by atoms with Crippen LogP contribution in [0.5, 0.6) is 0 Å². The Kier molecular flexibility index (Phi) is 5.47. The molecular weight excluding hydrogens is 345 g/mol. The summed E-state index contributed by atoms with van der Waals surface area (Å²) in [6.07, 6.45) is 6.68. The molecule has 0 radical (unpaired) electrons. The Morgan fingerprint density at radius 2 is 2.19 bits per heavy atom. The fraction of sp³-hybridized carbons (Fsp3) is 0.150. The number of pyridine rings is 1. The highest BCUT2D eigenvalue weighted by molar-refractivity contribution is 5.86. The number of benzene rings is 1. The van der Waals surface area contributed by atoms with E-state index in [1.807, 2.05) is 23.4 Å². The van der Waals surface area contributed by atoms with Crippen LogP contribution in [0.4, 0.5) is 10.1 Å². The lowest BCUT2D eigenvalue weighted by Crippen LogP contribution is -2.36. The number of rotatable bonds is 6. The lowest BCUT2D eigenvalue weighted by atomic mass is 10.1. The van der Waals surface area contributed by atoms with Crippen LogP contribution in [-0.2, 0) is 11.3 Å². The van der Waals surface area contributed by atoms with Gasteiger partial charge in [0.25, 0.3) is 0 Å². The van der Waals surface area contributed by atoms with Crippen molar-refractivity contribution in [3.8, 4) is 17.3 Å². The highest BCUT2D eigenvalue weighted by atomic mass is 19.1. The van der Waals surface area contributed by atoms with Crippen molar-refractivity contribution in [1.29, 1.82) is 5.26 Å². The smallest absolute Gasteiger partial charge is 0.243 e. The standard InChI is InChI=1S/C20H18FN5O/c1-2-20(27)24-14-16-13-23-18(15-4-6-17(21)7-5-15)12-19(16)26-10-3-9-25(26)11-8-22/h2-7,9,12-13H,1,10-11,14H2,(H,24,27). The summed E-state index contributed by atoms with van der Waals surface area (Å²) in [5.74, 6) is -0.594. The highest BCUT2D eigenvalue weighted by Crippen LogP contribution is 2.29. The van der Waals surface area contributed by atoms with E-state index in [-0.39, 0.29) is 24.8 Å². The molecule has 6 nitrogen and oxygen atoms in total. The minimum Gasteiger partial charge on any atom is -0.348 e. The molecule has 0 aliphatic carbocycles. The molecule has 1 aromatic heterocycles. The second kappa shape index (κ2) is 8.15. The van der Waals surface area contributed by atoms with Crippen LogP contribution in [0.3, 0.4) is 0 Å². The number of nitrogens with one attached hydrogen (secondary N) is 1. The second-order valence-corrected chi connectivity index (χ2v) is 5.85. The highest BCUT2D eigenvalue weighted by Gasteiger charge is 2.21. The fourth-order valence-corrected chi connectivity index (χ4v) is 2.78.